The van der Waals surface area contributed by atoms with Crippen molar-refractivity contribution in [2.24, 2.45) is 0 Å². The van der Waals surface area contributed by atoms with Crippen molar-refractivity contribution in [3.63, 3.8) is 0 Å². The summed E-state index contributed by atoms with van der Waals surface area (Å²) in [7, 11) is 0. The Hall–Kier alpha value is -2.77. The lowest BCUT2D eigenvalue weighted by molar-refractivity contribution is -0.197. The van der Waals surface area contributed by atoms with Crippen molar-refractivity contribution >= 4 is 29.8 Å². The molecule has 3 amide bonds. The van der Waals surface area contributed by atoms with Gasteiger partial charge in [0, 0.05) is 19.4 Å². The van der Waals surface area contributed by atoms with Crippen LogP contribution in [0.1, 0.15) is 32.1 Å². The molecule has 1 aliphatic rings. The molecule has 29 heavy (non-hydrogen) atoms. The number of esters is 1. The second-order valence-corrected chi connectivity index (χ2v) is 5.73. The number of amides is 3. The smallest absolute Gasteiger partial charge is 0.409 e. The average Bonchev–Trinajstić information content (AvgIpc) is 2.99. The zero-order valence-electron chi connectivity index (χ0n) is 15.7. The standard InChI is InChI=1S/C16H24N2O11/c19-6-5-14(23)27-8-11(9-28-16(25)17-10-20)26-7-1-2-15(24)29-18-12(21)3-4-13(18)22/h11,19-20H,1-10H2,(H,17,25). The summed E-state index contributed by atoms with van der Waals surface area (Å²) in [5, 5.41) is 19.7. The first-order chi connectivity index (χ1) is 13.9. The van der Waals surface area contributed by atoms with Crippen LogP contribution in [-0.2, 0) is 38.2 Å². The van der Waals surface area contributed by atoms with Gasteiger partial charge in [-0.25, -0.2) is 9.59 Å². The number of nitrogens with one attached hydrogen (secondary N) is 1. The Morgan fingerprint density at radius 2 is 1.66 bits per heavy atom. The Morgan fingerprint density at radius 3 is 2.28 bits per heavy atom. The maximum Gasteiger partial charge on any atom is 0.409 e. The molecule has 1 fully saturated rings. The Morgan fingerprint density at radius 1 is 1.00 bits per heavy atom. The maximum absolute atomic E-state index is 11.7. The Kier molecular flexibility index (Phi) is 11.2. The van der Waals surface area contributed by atoms with Crippen molar-refractivity contribution in [2.75, 3.05) is 33.2 Å². The van der Waals surface area contributed by atoms with Crippen LogP contribution in [-0.4, -0.2) is 84.4 Å². The summed E-state index contributed by atoms with van der Waals surface area (Å²) in [4.78, 5) is 61.7. The van der Waals surface area contributed by atoms with Crippen LogP contribution in [0.15, 0.2) is 0 Å². The molecule has 0 spiro atoms. The molecule has 0 aromatic carbocycles. The van der Waals surface area contributed by atoms with Crippen molar-refractivity contribution < 1.29 is 53.2 Å². The molecular formula is C16H24N2O11. The van der Waals surface area contributed by atoms with E-state index in [-0.39, 0.29) is 58.5 Å². The van der Waals surface area contributed by atoms with Gasteiger partial charge >= 0.3 is 18.0 Å². The van der Waals surface area contributed by atoms with Crippen LogP contribution in [0.25, 0.3) is 0 Å². The fourth-order valence-corrected chi connectivity index (χ4v) is 2.05. The summed E-state index contributed by atoms with van der Waals surface area (Å²) < 4.78 is 15.0. The second-order valence-electron chi connectivity index (χ2n) is 5.73. The molecule has 13 heteroatoms. The number of nitrogens with zero attached hydrogens (tertiary/aromatic N) is 1. The number of hydroxylamine groups is 2. The minimum Gasteiger partial charge on any atom is -0.463 e. The number of hydrogen-bond acceptors (Lipinski definition) is 11. The highest BCUT2D eigenvalue weighted by molar-refractivity contribution is 6.01. The molecule has 0 bridgehead atoms. The molecule has 1 saturated heterocycles. The van der Waals surface area contributed by atoms with E-state index < -0.39 is 42.7 Å². The first-order valence-corrected chi connectivity index (χ1v) is 8.83. The second kappa shape index (κ2) is 13.4. The molecule has 0 saturated carbocycles. The Labute approximate surface area is 165 Å². The van der Waals surface area contributed by atoms with Gasteiger partial charge in [-0.05, 0) is 6.42 Å². The molecule has 1 aliphatic heterocycles. The van der Waals surface area contributed by atoms with Gasteiger partial charge in [-0.1, -0.05) is 0 Å². The van der Waals surface area contributed by atoms with Crippen molar-refractivity contribution in [3.8, 4) is 0 Å². The van der Waals surface area contributed by atoms with Gasteiger partial charge in [0.25, 0.3) is 11.8 Å². The van der Waals surface area contributed by atoms with Crippen LogP contribution in [0, 0.1) is 0 Å². The predicted octanol–water partition coefficient (Wildman–Crippen LogP) is -1.64. The molecule has 1 atom stereocenters. The average molecular weight is 420 g/mol. The van der Waals surface area contributed by atoms with Crippen LogP contribution < -0.4 is 5.32 Å². The number of imide groups is 1. The van der Waals surface area contributed by atoms with Crippen molar-refractivity contribution in [3.05, 3.63) is 0 Å². The van der Waals surface area contributed by atoms with Gasteiger partial charge in [-0.15, -0.1) is 5.06 Å². The molecular weight excluding hydrogens is 396 g/mol. The molecule has 0 radical (unpaired) electrons. The zero-order valence-corrected chi connectivity index (χ0v) is 15.7. The number of carbonyl (C=O) groups is 5. The molecule has 0 aliphatic carbocycles. The van der Waals surface area contributed by atoms with E-state index in [1.165, 1.54) is 0 Å². The lowest BCUT2D eigenvalue weighted by Gasteiger charge is -2.18. The monoisotopic (exact) mass is 420 g/mol. The van der Waals surface area contributed by atoms with Gasteiger partial charge in [-0.3, -0.25) is 19.7 Å². The third kappa shape index (κ3) is 9.82. The largest absolute Gasteiger partial charge is 0.463 e. The van der Waals surface area contributed by atoms with E-state index in [1.54, 1.807) is 0 Å². The predicted molar refractivity (Wildman–Crippen MR) is 90.4 cm³/mol. The summed E-state index contributed by atoms with van der Waals surface area (Å²) in [5.74, 6) is -2.63. The van der Waals surface area contributed by atoms with E-state index >= 15 is 0 Å². The molecule has 1 rings (SSSR count). The highest BCUT2D eigenvalue weighted by Gasteiger charge is 2.32. The Bertz CT molecular complexity index is 557. The quantitative estimate of drug-likeness (QED) is 0.135. The molecule has 1 heterocycles. The van der Waals surface area contributed by atoms with Gasteiger partial charge in [0.05, 0.1) is 19.4 Å². The number of rotatable bonds is 13. The van der Waals surface area contributed by atoms with Gasteiger partial charge in [0.2, 0.25) is 0 Å². The van der Waals surface area contributed by atoms with E-state index in [0.29, 0.717) is 5.06 Å². The first kappa shape index (κ1) is 24.3. The number of aliphatic hydroxyl groups excluding tert-OH is 2. The third-order valence-electron chi connectivity index (χ3n) is 3.45. The lowest BCUT2D eigenvalue weighted by Crippen LogP contribution is -2.33. The summed E-state index contributed by atoms with van der Waals surface area (Å²) >= 11 is 0. The van der Waals surface area contributed by atoms with Crippen molar-refractivity contribution in [2.45, 2.75) is 38.2 Å². The summed E-state index contributed by atoms with van der Waals surface area (Å²) in [6, 6.07) is 0. The lowest BCUT2D eigenvalue weighted by atomic mass is 10.3. The molecule has 1 unspecified atom stereocenters. The fourth-order valence-electron chi connectivity index (χ4n) is 2.05. The molecule has 0 aromatic heterocycles. The topological polar surface area (TPSA) is 178 Å². The van der Waals surface area contributed by atoms with Crippen LogP contribution in [0.3, 0.4) is 0 Å². The van der Waals surface area contributed by atoms with Gasteiger partial charge in [0.15, 0.2) is 0 Å². The minimum atomic E-state index is -0.911. The van der Waals surface area contributed by atoms with Crippen LogP contribution in [0.4, 0.5) is 4.79 Å². The summed E-state index contributed by atoms with van der Waals surface area (Å²) in [6.07, 6.45) is -1.99. The van der Waals surface area contributed by atoms with E-state index in [0.717, 1.165) is 0 Å². The van der Waals surface area contributed by atoms with Gasteiger partial charge in [-0.2, -0.15) is 0 Å². The van der Waals surface area contributed by atoms with E-state index in [1.807, 2.05) is 5.32 Å². The van der Waals surface area contributed by atoms with E-state index in [4.69, 9.17) is 29.3 Å². The van der Waals surface area contributed by atoms with E-state index in [9.17, 15) is 24.0 Å². The summed E-state index contributed by atoms with van der Waals surface area (Å²) in [5.41, 5.74) is 0. The number of alkyl carbamates (subject to hydrolysis) is 1. The number of carbonyl (C=O) groups excluding carboxylic acids is 5. The van der Waals surface area contributed by atoms with Crippen LogP contribution in [0.2, 0.25) is 0 Å². The van der Waals surface area contributed by atoms with Crippen molar-refractivity contribution in [1.82, 2.24) is 10.4 Å². The van der Waals surface area contributed by atoms with Crippen LogP contribution >= 0.6 is 0 Å². The first-order valence-electron chi connectivity index (χ1n) is 8.83. The maximum atomic E-state index is 11.7. The van der Waals surface area contributed by atoms with E-state index in [2.05, 4.69) is 0 Å². The Balaban J connectivity index is 2.35. The highest BCUT2D eigenvalue weighted by atomic mass is 16.7. The van der Waals surface area contributed by atoms with Crippen molar-refractivity contribution in [1.29, 1.82) is 0 Å². The highest BCUT2D eigenvalue weighted by Crippen LogP contribution is 2.13. The van der Waals surface area contributed by atoms with Gasteiger partial charge in [0.1, 0.15) is 26.0 Å². The minimum absolute atomic E-state index is 0.00420. The van der Waals surface area contributed by atoms with Gasteiger partial charge < -0.3 is 29.3 Å². The third-order valence-corrected chi connectivity index (χ3v) is 3.45. The summed E-state index contributed by atoms with van der Waals surface area (Å²) in [6.45, 7) is -1.60. The number of ether oxygens (including phenoxy) is 3. The van der Waals surface area contributed by atoms with Crippen LogP contribution in [0.5, 0.6) is 0 Å². The zero-order chi connectivity index (χ0) is 21.6. The fraction of sp³-hybridized carbons (Fsp3) is 0.688. The molecule has 3 N–H and O–H groups in total. The number of aliphatic hydroxyl groups is 2. The number of hydrogen-bond donors (Lipinski definition) is 3. The molecule has 0 aromatic rings. The SMILES string of the molecule is O=C(CCO)OCC(COC(=O)NCO)OCCCC(=O)ON1C(=O)CCC1=O. The normalized spacial score (nSPS) is 14.5. The molecule has 164 valence electrons. The molecule has 13 nitrogen and oxygen atoms in total.